The number of nitrogens with one attached hydrogen (secondary N) is 2. The molecule has 2 N–H and O–H groups in total. The largest absolute Gasteiger partial charge is 0.376 e. The van der Waals surface area contributed by atoms with Crippen LogP contribution < -0.4 is 10.6 Å². The molecule has 1 amide bonds. The molecule has 0 bridgehead atoms. The lowest BCUT2D eigenvalue weighted by molar-refractivity contribution is -0.120. The lowest BCUT2D eigenvalue weighted by Gasteiger charge is -2.32. The summed E-state index contributed by atoms with van der Waals surface area (Å²) in [6.45, 7) is 2.56. The summed E-state index contributed by atoms with van der Waals surface area (Å²) < 4.78 is 0. The molecule has 3 rings (SSSR count). The minimum Gasteiger partial charge on any atom is -0.376 e. The van der Waals surface area contributed by atoms with Crippen LogP contribution in [0.15, 0.2) is 24.3 Å². The number of carbonyl (C=O) groups excluding carboxylic acids is 1. The average Bonchev–Trinajstić information content (AvgIpc) is 2.97. The maximum atomic E-state index is 12.1. The van der Waals surface area contributed by atoms with Gasteiger partial charge in [-0.15, -0.1) is 0 Å². The van der Waals surface area contributed by atoms with E-state index in [1.807, 2.05) is 12.1 Å². The van der Waals surface area contributed by atoms with Crippen molar-refractivity contribution in [2.45, 2.75) is 37.8 Å². The highest BCUT2D eigenvalue weighted by atomic mass is 16.2. The van der Waals surface area contributed by atoms with Crippen molar-refractivity contribution < 1.29 is 4.79 Å². The predicted octanol–water partition coefficient (Wildman–Crippen LogP) is 1.71. The Morgan fingerprint density at radius 2 is 2.05 bits per heavy atom. The van der Waals surface area contributed by atoms with E-state index in [4.69, 9.17) is 5.26 Å². The molecule has 2 aliphatic heterocycles. The molecular weight excluding hydrogens is 276 g/mol. The van der Waals surface area contributed by atoms with Crippen molar-refractivity contribution in [3.63, 3.8) is 0 Å². The maximum absolute atomic E-state index is 12.1. The third-order valence-corrected chi connectivity index (χ3v) is 4.67. The zero-order valence-electron chi connectivity index (χ0n) is 12.7. The molecule has 2 heterocycles. The second-order valence-electron chi connectivity index (χ2n) is 6.10. The van der Waals surface area contributed by atoms with Crippen LogP contribution in [0.1, 0.15) is 31.2 Å². The Morgan fingerprint density at radius 3 is 2.82 bits per heavy atom. The molecule has 2 fully saturated rings. The number of anilines is 1. The summed E-state index contributed by atoms with van der Waals surface area (Å²) in [7, 11) is 0. The van der Waals surface area contributed by atoms with E-state index in [2.05, 4.69) is 21.6 Å². The van der Waals surface area contributed by atoms with Crippen LogP contribution in [-0.2, 0) is 4.79 Å². The van der Waals surface area contributed by atoms with Gasteiger partial charge in [0.15, 0.2) is 0 Å². The lowest BCUT2D eigenvalue weighted by atomic mass is 9.99. The molecule has 22 heavy (non-hydrogen) atoms. The fourth-order valence-electron chi connectivity index (χ4n) is 3.52. The van der Waals surface area contributed by atoms with E-state index in [1.165, 1.54) is 25.8 Å². The standard InChI is InChI=1S/C17H22N4O/c18-11-13-4-6-14(7-5-13)19-12-17(22)20-15-8-10-21-9-2-1-3-16(15)21/h4-7,15-16,19H,1-3,8-10,12H2,(H,20,22)/t15-,16-/m1/s1. The Labute approximate surface area is 131 Å². The molecule has 0 unspecified atom stereocenters. The quantitative estimate of drug-likeness (QED) is 0.888. The van der Waals surface area contributed by atoms with Crippen molar-refractivity contribution in [2.24, 2.45) is 0 Å². The number of hydrogen-bond acceptors (Lipinski definition) is 4. The van der Waals surface area contributed by atoms with Crippen molar-refractivity contribution in [1.29, 1.82) is 5.26 Å². The highest BCUT2D eigenvalue weighted by Crippen LogP contribution is 2.27. The van der Waals surface area contributed by atoms with E-state index in [1.54, 1.807) is 12.1 Å². The van der Waals surface area contributed by atoms with Gasteiger partial charge in [-0.25, -0.2) is 0 Å². The van der Waals surface area contributed by atoms with Gasteiger partial charge in [0.2, 0.25) is 5.91 Å². The monoisotopic (exact) mass is 298 g/mol. The molecule has 2 aliphatic rings. The smallest absolute Gasteiger partial charge is 0.239 e. The van der Waals surface area contributed by atoms with E-state index in [0.717, 1.165) is 18.7 Å². The van der Waals surface area contributed by atoms with Gasteiger partial charge < -0.3 is 10.6 Å². The van der Waals surface area contributed by atoms with Gasteiger partial charge in [0, 0.05) is 24.3 Å². The number of nitriles is 1. The molecule has 1 aromatic rings. The number of carbonyl (C=O) groups is 1. The SMILES string of the molecule is N#Cc1ccc(NCC(=O)N[C@@H]2CCN3CCCC[C@H]23)cc1. The molecule has 0 spiro atoms. The summed E-state index contributed by atoms with van der Waals surface area (Å²) >= 11 is 0. The van der Waals surface area contributed by atoms with Crippen molar-refractivity contribution >= 4 is 11.6 Å². The van der Waals surface area contributed by atoms with Crippen LogP contribution in [0.3, 0.4) is 0 Å². The highest BCUT2D eigenvalue weighted by Gasteiger charge is 2.35. The van der Waals surface area contributed by atoms with Gasteiger partial charge in [-0.1, -0.05) is 6.42 Å². The summed E-state index contributed by atoms with van der Waals surface area (Å²) in [5.41, 5.74) is 1.48. The predicted molar refractivity (Wildman–Crippen MR) is 85.4 cm³/mol. The van der Waals surface area contributed by atoms with Gasteiger partial charge in [0.05, 0.1) is 18.2 Å². The summed E-state index contributed by atoms with van der Waals surface area (Å²) in [5.74, 6) is 0.0433. The number of nitrogens with zero attached hydrogens (tertiary/aromatic N) is 2. The molecular formula is C17H22N4O. The van der Waals surface area contributed by atoms with E-state index < -0.39 is 0 Å². The Balaban J connectivity index is 1.47. The zero-order chi connectivity index (χ0) is 15.4. The summed E-state index contributed by atoms with van der Waals surface area (Å²) in [6, 6.07) is 10.1. The summed E-state index contributed by atoms with van der Waals surface area (Å²) in [5, 5.41) is 15.0. The maximum Gasteiger partial charge on any atom is 0.239 e. The van der Waals surface area contributed by atoms with Crippen LogP contribution in [0, 0.1) is 11.3 Å². The average molecular weight is 298 g/mol. The van der Waals surface area contributed by atoms with Gasteiger partial charge in [0.1, 0.15) is 0 Å². The highest BCUT2D eigenvalue weighted by molar-refractivity contribution is 5.81. The number of benzene rings is 1. The van der Waals surface area contributed by atoms with Gasteiger partial charge in [-0.3, -0.25) is 9.69 Å². The second kappa shape index (κ2) is 6.80. The van der Waals surface area contributed by atoms with Crippen LogP contribution in [0.25, 0.3) is 0 Å². The van der Waals surface area contributed by atoms with E-state index in [0.29, 0.717) is 17.6 Å². The molecule has 0 radical (unpaired) electrons. The Hall–Kier alpha value is -2.06. The van der Waals surface area contributed by atoms with Crippen LogP contribution in [0.5, 0.6) is 0 Å². The molecule has 116 valence electrons. The third-order valence-electron chi connectivity index (χ3n) is 4.67. The molecule has 0 saturated carbocycles. The zero-order valence-corrected chi connectivity index (χ0v) is 12.7. The molecule has 5 heteroatoms. The summed E-state index contributed by atoms with van der Waals surface area (Å²) in [6.07, 6.45) is 4.83. The first kappa shape index (κ1) is 14.9. The second-order valence-corrected chi connectivity index (χ2v) is 6.10. The molecule has 2 atom stereocenters. The van der Waals surface area contributed by atoms with E-state index in [9.17, 15) is 4.79 Å². The first-order chi connectivity index (χ1) is 10.8. The topological polar surface area (TPSA) is 68.2 Å². The normalized spacial score (nSPS) is 24.3. The Kier molecular flexibility index (Phi) is 4.59. The van der Waals surface area contributed by atoms with Crippen molar-refractivity contribution in [2.75, 3.05) is 25.0 Å². The van der Waals surface area contributed by atoms with Gasteiger partial charge >= 0.3 is 0 Å². The third kappa shape index (κ3) is 3.40. The fourth-order valence-corrected chi connectivity index (χ4v) is 3.52. The van der Waals surface area contributed by atoms with Gasteiger partial charge in [0.25, 0.3) is 0 Å². The van der Waals surface area contributed by atoms with Crippen molar-refractivity contribution in [3.8, 4) is 6.07 Å². The molecule has 0 aromatic heterocycles. The van der Waals surface area contributed by atoms with Gasteiger partial charge in [-0.2, -0.15) is 5.26 Å². The Bertz CT molecular complexity index is 563. The van der Waals surface area contributed by atoms with Crippen LogP contribution in [0.4, 0.5) is 5.69 Å². The summed E-state index contributed by atoms with van der Waals surface area (Å²) in [4.78, 5) is 14.6. The van der Waals surface area contributed by atoms with Crippen LogP contribution in [0.2, 0.25) is 0 Å². The molecule has 2 saturated heterocycles. The van der Waals surface area contributed by atoms with Crippen molar-refractivity contribution in [1.82, 2.24) is 10.2 Å². The lowest BCUT2D eigenvalue weighted by Crippen LogP contribution is -2.48. The number of fused-ring (bicyclic) bond motifs is 1. The minimum absolute atomic E-state index is 0.0433. The number of rotatable bonds is 4. The Morgan fingerprint density at radius 1 is 1.23 bits per heavy atom. The van der Waals surface area contributed by atoms with Crippen LogP contribution >= 0.6 is 0 Å². The minimum atomic E-state index is 0.0433. The number of amides is 1. The van der Waals surface area contributed by atoms with E-state index in [-0.39, 0.29) is 12.5 Å². The molecule has 0 aliphatic carbocycles. The first-order valence-electron chi connectivity index (χ1n) is 8.04. The van der Waals surface area contributed by atoms with Gasteiger partial charge in [-0.05, 0) is 50.1 Å². The van der Waals surface area contributed by atoms with Crippen molar-refractivity contribution in [3.05, 3.63) is 29.8 Å². The van der Waals surface area contributed by atoms with E-state index >= 15 is 0 Å². The number of hydrogen-bond donors (Lipinski definition) is 2. The fraction of sp³-hybridized carbons (Fsp3) is 0.529. The number of piperidine rings is 1. The first-order valence-corrected chi connectivity index (χ1v) is 8.04. The molecule has 5 nitrogen and oxygen atoms in total. The molecule has 1 aromatic carbocycles. The van der Waals surface area contributed by atoms with Crippen LogP contribution in [-0.4, -0.2) is 42.5 Å².